The summed E-state index contributed by atoms with van der Waals surface area (Å²) >= 11 is 0. The number of aromatic amines is 2. The normalized spacial score (nSPS) is 10.6. The first kappa shape index (κ1) is 12.4. The lowest BCUT2D eigenvalue weighted by Crippen LogP contribution is -2.26. The van der Waals surface area contributed by atoms with E-state index in [0.29, 0.717) is 17.7 Å². The van der Waals surface area contributed by atoms with Crippen molar-refractivity contribution in [1.82, 2.24) is 9.97 Å². The lowest BCUT2D eigenvalue weighted by atomic mass is 10.0. The lowest BCUT2D eigenvalue weighted by molar-refractivity contribution is 0.967. The van der Waals surface area contributed by atoms with Crippen LogP contribution in [0.2, 0.25) is 0 Å². The molecule has 0 aliphatic carbocycles. The molecule has 1 heterocycles. The Morgan fingerprint density at radius 2 is 1.61 bits per heavy atom. The number of hydrogen-bond acceptors (Lipinski definition) is 2. The largest absolute Gasteiger partial charge is 0.326 e. The van der Waals surface area contributed by atoms with Crippen molar-refractivity contribution in [3.05, 3.63) is 55.7 Å². The van der Waals surface area contributed by atoms with E-state index in [0.717, 1.165) is 16.7 Å². The molecule has 0 amide bonds. The average Bonchev–Trinajstić information content (AvgIpc) is 2.26. The molecule has 0 aliphatic rings. The molecular weight excluding hydrogens is 228 g/mol. The maximum Gasteiger partial charge on any atom is 0.326 e. The van der Waals surface area contributed by atoms with Gasteiger partial charge in [0.05, 0.1) is 5.69 Å². The standard InChI is InChI=1S/C14H16N2O2/c1-4-11-12(15-14(18)16-13(11)17)10-6-8(2)5-9(3)7-10/h5-7H,4H2,1-3H3,(H2,15,16,17,18). The van der Waals surface area contributed by atoms with Crippen molar-refractivity contribution >= 4 is 0 Å². The van der Waals surface area contributed by atoms with Crippen LogP contribution >= 0.6 is 0 Å². The number of nitrogens with one attached hydrogen (secondary N) is 2. The predicted molar refractivity (Wildman–Crippen MR) is 72.0 cm³/mol. The van der Waals surface area contributed by atoms with Gasteiger partial charge in [-0.1, -0.05) is 24.1 Å². The Hall–Kier alpha value is -2.10. The SMILES string of the molecule is CCc1c(-c2cc(C)cc(C)c2)[nH]c(=O)[nH]c1=O. The van der Waals surface area contributed by atoms with Crippen molar-refractivity contribution < 1.29 is 0 Å². The molecule has 1 aromatic heterocycles. The molecule has 94 valence electrons. The molecule has 4 nitrogen and oxygen atoms in total. The van der Waals surface area contributed by atoms with Gasteiger partial charge in [0.15, 0.2) is 0 Å². The number of hydrogen-bond donors (Lipinski definition) is 2. The van der Waals surface area contributed by atoms with Crippen molar-refractivity contribution in [2.75, 3.05) is 0 Å². The van der Waals surface area contributed by atoms with E-state index in [2.05, 4.69) is 16.0 Å². The number of rotatable bonds is 2. The Labute approximate surface area is 105 Å². The number of benzene rings is 1. The zero-order valence-corrected chi connectivity index (χ0v) is 10.8. The van der Waals surface area contributed by atoms with Crippen LogP contribution in [0.15, 0.2) is 27.8 Å². The van der Waals surface area contributed by atoms with Gasteiger partial charge in [-0.25, -0.2) is 4.79 Å². The van der Waals surface area contributed by atoms with Gasteiger partial charge in [0.2, 0.25) is 0 Å². The van der Waals surface area contributed by atoms with Crippen LogP contribution in [0.3, 0.4) is 0 Å². The summed E-state index contributed by atoms with van der Waals surface area (Å²) in [6.07, 6.45) is 0.578. The van der Waals surface area contributed by atoms with E-state index in [-0.39, 0.29) is 5.56 Å². The van der Waals surface area contributed by atoms with Crippen LogP contribution in [0.25, 0.3) is 11.3 Å². The van der Waals surface area contributed by atoms with Crippen LogP contribution < -0.4 is 11.2 Å². The smallest absolute Gasteiger partial charge is 0.307 e. The Morgan fingerprint density at radius 1 is 1.00 bits per heavy atom. The van der Waals surface area contributed by atoms with E-state index in [1.54, 1.807) is 0 Å². The second kappa shape index (κ2) is 4.64. The van der Waals surface area contributed by atoms with Crippen molar-refractivity contribution in [1.29, 1.82) is 0 Å². The fourth-order valence-corrected chi connectivity index (χ4v) is 2.22. The summed E-state index contributed by atoms with van der Waals surface area (Å²) in [7, 11) is 0. The van der Waals surface area contributed by atoms with E-state index < -0.39 is 5.69 Å². The molecule has 0 radical (unpaired) electrons. The second-order valence-corrected chi connectivity index (χ2v) is 4.49. The Morgan fingerprint density at radius 3 is 2.17 bits per heavy atom. The van der Waals surface area contributed by atoms with Crippen molar-refractivity contribution in [2.24, 2.45) is 0 Å². The van der Waals surface area contributed by atoms with Crippen molar-refractivity contribution in [2.45, 2.75) is 27.2 Å². The molecule has 2 N–H and O–H groups in total. The summed E-state index contributed by atoms with van der Waals surface area (Å²) in [4.78, 5) is 28.2. The maximum atomic E-state index is 11.8. The van der Waals surface area contributed by atoms with Crippen molar-refractivity contribution in [3.63, 3.8) is 0 Å². The quantitative estimate of drug-likeness (QED) is 0.847. The molecule has 0 spiro atoms. The maximum absolute atomic E-state index is 11.8. The van der Waals surface area contributed by atoms with E-state index in [1.165, 1.54) is 0 Å². The first-order chi connectivity index (χ1) is 8.51. The third-order valence-electron chi connectivity index (χ3n) is 2.91. The molecule has 0 atom stereocenters. The summed E-state index contributed by atoms with van der Waals surface area (Å²) < 4.78 is 0. The molecular formula is C14H16N2O2. The second-order valence-electron chi connectivity index (χ2n) is 4.49. The highest BCUT2D eigenvalue weighted by Gasteiger charge is 2.10. The molecule has 18 heavy (non-hydrogen) atoms. The zero-order valence-electron chi connectivity index (χ0n) is 10.8. The Kier molecular flexibility index (Phi) is 3.19. The van der Waals surface area contributed by atoms with Crippen LogP contribution in [-0.4, -0.2) is 9.97 Å². The first-order valence-electron chi connectivity index (χ1n) is 5.95. The Bertz CT molecular complexity index is 675. The van der Waals surface area contributed by atoms with Gasteiger partial charge in [-0.2, -0.15) is 0 Å². The third-order valence-corrected chi connectivity index (χ3v) is 2.91. The van der Waals surface area contributed by atoms with Crippen LogP contribution in [0.4, 0.5) is 0 Å². The highest BCUT2D eigenvalue weighted by Crippen LogP contribution is 2.21. The zero-order chi connectivity index (χ0) is 13.3. The minimum atomic E-state index is -0.466. The van der Waals surface area contributed by atoms with Gasteiger partial charge < -0.3 is 4.98 Å². The van der Waals surface area contributed by atoms with Crippen LogP contribution in [0.5, 0.6) is 0 Å². The molecule has 0 saturated heterocycles. The summed E-state index contributed by atoms with van der Waals surface area (Å²) in [5.41, 5.74) is 3.55. The summed E-state index contributed by atoms with van der Waals surface area (Å²) in [6, 6.07) is 5.99. The lowest BCUT2D eigenvalue weighted by Gasteiger charge is -2.08. The third kappa shape index (κ3) is 2.27. The van der Waals surface area contributed by atoms with E-state index in [4.69, 9.17) is 0 Å². The van der Waals surface area contributed by atoms with Crippen molar-refractivity contribution in [3.8, 4) is 11.3 Å². The van der Waals surface area contributed by atoms with Crippen LogP contribution in [0.1, 0.15) is 23.6 Å². The molecule has 2 rings (SSSR count). The molecule has 1 aromatic carbocycles. The van der Waals surface area contributed by atoms with Gasteiger partial charge in [-0.05, 0) is 38.0 Å². The van der Waals surface area contributed by atoms with Gasteiger partial charge in [-0.3, -0.25) is 9.78 Å². The summed E-state index contributed by atoms with van der Waals surface area (Å²) in [6.45, 7) is 5.88. The van der Waals surface area contributed by atoms with E-state index >= 15 is 0 Å². The van der Waals surface area contributed by atoms with Gasteiger partial charge in [0.1, 0.15) is 0 Å². The highest BCUT2D eigenvalue weighted by atomic mass is 16.2. The molecule has 0 unspecified atom stereocenters. The van der Waals surface area contributed by atoms with Crippen LogP contribution in [-0.2, 0) is 6.42 Å². The van der Waals surface area contributed by atoms with E-state index in [9.17, 15) is 9.59 Å². The number of H-pyrrole nitrogens is 2. The molecule has 4 heteroatoms. The summed E-state index contributed by atoms with van der Waals surface area (Å²) in [5.74, 6) is 0. The van der Waals surface area contributed by atoms with Gasteiger partial charge in [0.25, 0.3) is 5.56 Å². The molecule has 0 saturated carbocycles. The van der Waals surface area contributed by atoms with Gasteiger partial charge >= 0.3 is 5.69 Å². The van der Waals surface area contributed by atoms with Gasteiger partial charge in [-0.15, -0.1) is 0 Å². The highest BCUT2D eigenvalue weighted by molar-refractivity contribution is 5.64. The average molecular weight is 244 g/mol. The van der Waals surface area contributed by atoms with Gasteiger partial charge in [0, 0.05) is 5.56 Å². The Balaban J connectivity index is 2.77. The first-order valence-corrected chi connectivity index (χ1v) is 5.95. The number of aromatic nitrogens is 2. The van der Waals surface area contributed by atoms with E-state index in [1.807, 2.05) is 32.9 Å². The molecule has 0 fully saturated rings. The minimum Gasteiger partial charge on any atom is -0.307 e. The molecule has 2 aromatic rings. The fraction of sp³-hybridized carbons (Fsp3) is 0.286. The monoisotopic (exact) mass is 244 g/mol. The van der Waals surface area contributed by atoms with Crippen LogP contribution in [0, 0.1) is 13.8 Å². The molecule has 0 bridgehead atoms. The number of aryl methyl sites for hydroxylation is 2. The molecule has 0 aliphatic heterocycles. The summed E-state index contributed by atoms with van der Waals surface area (Å²) in [5, 5.41) is 0. The predicted octanol–water partition coefficient (Wildman–Crippen LogP) is 1.91. The fourth-order valence-electron chi connectivity index (χ4n) is 2.22. The topological polar surface area (TPSA) is 65.7 Å². The minimum absolute atomic E-state index is 0.310.